The minimum atomic E-state index is 0.640. The van der Waals surface area contributed by atoms with Crippen molar-refractivity contribution in [2.75, 3.05) is 0 Å². The Balaban J connectivity index is 2.09. The predicted octanol–water partition coefficient (Wildman–Crippen LogP) is 3.13. The molecule has 0 N–H and O–H groups in total. The van der Waals surface area contributed by atoms with Crippen molar-refractivity contribution in [3.63, 3.8) is 0 Å². The topological polar surface area (TPSA) is 45.8 Å². The molecule has 0 spiro atoms. The third kappa shape index (κ3) is 1.70. The highest BCUT2D eigenvalue weighted by Gasteiger charge is 2.20. The number of benzene rings is 1. The van der Waals surface area contributed by atoms with Crippen molar-refractivity contribution >= 4 is 17.2 Å². The molecule has 3 heteroatoms. The number of fused-ring (bicyclic) bond motifs is 1. The van der Waals surface area contributed by atoms with Gasteiger partial charge in [0.15, 0.2) is 6.29 Å². The Kier molecular flexibility index (Phi) is 2.64. The molecule has 18 heavy (non-hydrogen) atoms. The summed E-state index contributed by atoms with van der Waals surface area (Å²) in [5.41, 5.74) is 2.41. The molecule has 1 saturated carbocycles. The summed E-state index contributed by atoms with van der Waals surface area (Å²) in [4.78, 5) is 11.2. The molecule has 0 bridgehead atoms. The van der Waals surface area contributed by atoms with Crippen molar-refractivity contribution in [2.24, 2.45) is 5.92 Å². The van der Waals surface area contributed by atoms with E-state index in [1.165, 1.54) is 19.3 Å². The Hall–Kier alpha value is -2.08. The van der Waals surface area contributed by atoms with E-state index in [9.17, 15) is 4.79 Å². The van der Waals surface area contributed by atoms with Crippen LogP contribution in [0.15, 0.2) is 24.3 Å². The lowest BCUT2D eigenvalue weighted by molar-refractivity contribution is 0.111. The molecule has 0 aliphatic heterocycles. The van der Waals surface area contributed by atoms with Crippen LogP contribution in [0.1, 0.15) is 35.3 Å². The van der Waals surface area contributed by atoms with Gasteiger partial charge < -0.3 is 4.57 Å². The Bertz CT molecular complexity index is 644. The van der Waals surface area contributed by atoms with Gasteiger partial charge in [-0.15, -0.1) is 0 Å². The number of hydrogen-bond donors (Lipinski definition) is 0. The lowest BCUT2D eigenvalue weighted by Crippen LogP contribution is -2.19. The third-order valence-corrected chi connectivity index (χ3v) is 3.85. The first-order chi connectivity index (χ1) is 8.81. The molecule has 3 rings (SSSR count). The second-order valence-electron chi connectivity index (χ2n) is 4.98. The molecule has 1 heterocycles. The largest absolute Gasteiger partial charge is 0.338 e. The molecule has 1 aliphatic carbocycles. The van der Waals surface area contributed by atoms with Crippen molar-refractivity contribution in [3.05, 3.63) is 35.5 Å². The number of carbonyl (C=O) groups is 1. The zero-order valence-corrected chi connectivity index (χ0v) is 10.1. The SMILES string of the molecule is N#Cc1ccc2c(c1)cc(C=O)n2CC1CCC1. The molecule has 0 atom stereocenters. The summed E-state index contributed by atoms with van der Waals surface area (Å²) in [6, 6.07) is 9.61. The average Bonchev–Trinajstić information content (AvgIpc) is 2.70. The van der Waals surface area contributed by atoms with Gasteiger partial charge in [0.25, 0.3) is 0 Å². The summed E-state index contributed by atoms with van der Waals surface area (Å²) in [6.45, 7) is 0.920. The van der Waals surface area contributed by atoms with Gasteiger partial charge in [-0.3, -0.25) is 4.79 Å². The van der Waals surface area contributed by atoms with Gasteiger partial charge in [0, 0.05) is 17.4 Å². The van der Waals surface area contributed by atoms with E-state index in [1.807, 2.05) is 24.3 Å². The summed E-state index contributed by atoms with van der Waals surface area (Å²) < 4.78 is 2.09. The van der Waals surface area contributed by atoms with Crippen LogP contribution in [0.4, 0.5) is 0 Å². The first-order valence-corrected chi connectivity index (χ1v) is 6.30. The van der Waals surface area contributed by atoms with Crippen LogP contribution in [-0.2, 0) is 6.54 Å². The summed E-state index contributed by atoms with van der Waals surface area (Å²) in [6.07, 6.45) is 4.73. The highest BCUT2D eigenvalue weighted by molar-refractivity contribution is 5.89. The van der Waals surface area contributed by atoms with E-state index >= 15 is 0 Å². The number of aromatic nitrogens is 1. The quantitative estimate of drug-likeness (QED) is 0.771. The Morgan fingerprint density at radius 1 is 1.39 bits per heavy atom. The van der Waals surface area contributed by atoms with Gasteiger partial charge in [-0.25, -0.2) is 0 Å². The second-order valence-corrected chi connectivity index (χ2v) is 4.98. The van der Waals surface area contributed by atoms with Crippen molar-refractivity contribution < 1.29 is 4.79 Å². The number of aldehydes is 1. The van der Waals surface area contributed by atoms with E-state index in [0.717, 1.165) is 23.7 Å². The van der Waals surface area contributed by atoms with E-state index in [4.69, 9.17) is 5.26 Å². The molecule has 0 radical (unpaired) electrons. The van der Waals surface area contributed by atoms with E-state index in [2.05, 4.69) is 10.6 Å². The molecule has 0 amide bonds. The van der Waals surface area contributed by atoms with Gasteiger partial charge in [-0.1, -0.05) is 6.42 Å². The molecular formula is C15H14N2O. The predicted molar refractivity (Wildman–Crippen MR) is 69.4 cm³/mol. The van der Waals surface area contributed by atoms with E-state index in [-0.39, 0.29) is 0 Å². The highest BCUT2D eigenvalue weighted by atomic mass is 16.1. The van der Waals surface area contributed by atoms with Gasteiger partial charge >= 0.3 is 0 Å². The molecular weight excluding hydrogens is 224 g/mol. The normalized spacial score (nSPS) is 15.3. The van der Waals surface area contributed by atoms with E-state index in [0.29, 0.717) is 17.2 Å². The summed E-state index contributed by atoms with van der Waals surface area (Å²) >= 11 is 0. The lowest BCUT2D eigenvalue weighted by atomic mass is 9.85. The molecule has 1 aromatic carbocycles. The maximum atomic E-state index is 11.2. The lowest BCUT2D eigenvalue weighted by Gasteiger charge is -2.26. The number of nitrogens with zero attached hydrogens (tertiary/aromatic N) is 2. The minimum absolute atomic E-state index is 0.640. The zero-order chi connectivity index (χ0) is 12.5. The fraction of sp³-hybridized carbons (Fsp3) is 0.333. The van der Waals surface area contributed by atoms with E-state index in [1.54, 1.807) is 0 Å². The first kappa shape index (κ1) is 11.0. The number of carbonyl (C=O) groups excluding carboxylic acids is 1. The van der Waals surface area contributed by atoms with Gasteiger partial charge in [0.05, 0.1) is 17.3 Å². The Morgan fingerprint density at radius 2 is 2.22 bits per heavy atom. The Morgan fingerprint density at radius 3 is 2.83 bits per heavy atom. The molecule has 0 unspecified atom stereocenters. The first-order valence-electron chi connectivity index (χ1n) is 6.30. The van der Waals surface area contributed by atoms with Crippen molar-refractivity contribution in [1.82, 2.24) is 4.57 Å². The average molecular weight is 238 g/mol. The van der Waals surface area contributed by atoms with E-state index < -0.39 is 0 Å². The van der Waals surface area contributed by atoms with Crippen LogP contribution < -0.4 is 0 Å². The standard InChI is InChI=1S/C15H14N2O/c16-8-12-4-5-15-13(6-12)7-14(10-18)17(15)9-11-2-1-3-11/h4-7,10-11H,1-3,9H2. The number of hydrogen-bond acceptors (Lipinski definition) is 2. The summed E-state index contributed by atoms with van der Waals surface area (Å²) in [5.74, 6) is 0.704. The second kappa shape index (κ2) is 4.30. The van der Waals surface area contributed by atoms with Crippen LogP contribution in [-0.4, -0.2) is 10.9 Å². The highest BCUT2D eigenvalue weighted by Crippen LogP contribution is 2.30. The maximum Gasteiger partial charge on any atom is 0.166 e. The van der Waals surface area contributed by atoms with Crippen LogP contribution in [0.25, 0.3) is 10.9 Å². The summed E-state index contributed by atoms with van der Waals surface area (Å²) in [5, 5.41) is 9.88. The molecule has 0 saturated heterocycles. The molecule has 1 aromatic heterocycles. The molecule has 2 aromatic rings. The number of nitriles is 1. The van der Waals surface area contributed by atoms with Crippen LogP contribution in [0.5, 0.6) is 0 Å². The van der Waals surface area contributed by atoms with Crippen LogP contribution in [0.3, 0.4) is 0 Å². The van der Waals surface area contributed by atoms with Gasteiger partial charge in [0.2, 0.25) is 0 Å². The van der Waals surface area contributed by atoms with Crippen LogP contribution in [0.2, 0.25) is 0 Å². The fourth-order valence-corrected chi connectivity index (χ4v) is 2.60. The zero-order valence-electron chi connectivity index (χ0n) is 10.1. The fourth-order valence-electron chi connectivity index (χ4n) is 2.60. The Labute approximate surface area is 106 Å². The van der Waals surface area contributed by atoms with Crippen molar-refractivity contribution in [1.29, 1.82) is 5.26 Å². The summed E-state index contributed by atoms with van der Waals surface area (Å²) in [7, 11) is 0. The van der Waals surface area contributed by atoms with Gasteiger partial charge in [-0.05, 0) is 43.0 Å². The van der Waals surface area contributed by atoms with Crippen molar-refractivity contribution in [3.8, 4) is 6.07 Å². The maximum absolute atomic E-state index is 11.2. The molecule has 90 valence electrons. The van der Waals surface area contributed by atoms with Gasteiger partial charge in [0.1, 0.15) is 0 Å². The van der Waals surface area contributed by atoms with Crippen LogP contribution >= 0.6 is 0 Å². The molecule has 1 fully saturated rings. The third-order valence-electron chi connectivity index (χ3n) is 3.85. The van der Waals surface area contributed by atoms with Crippen LogP contribution in [0, 0.1) is 17.2 Å². The van der Waals surface area contributed by atoms with Gasteiger partial charge in [-0.2, -0.15) is 5.26 Å². The smallest absolute Gasteiger partial charge is 0.166 e. The minimum Gasteiger partial charge on any atom is -0.338 e. The molecule has 1 aliphatic rings. The number of rotatable bonds is 3. The molecule has 3 nitrogen and oxygen atoms in total. The monoisotopic (exact) mass is 238 g/mol. The van der Waals surface area contributed by atoms with Crippen molar-refractivity contribution in [2.45, 2.75) is 25.8 Å².